The fourth-order valence-electron chi connectivity index (χ4n) is 2.74. The number of carbonyl (C=O) groups is 1. The fraction of sp³-hybridized carbons (Fsp3) is 0.562. The number of aliphatic hydroxyl groups excluding tert-OH is 1. The minimum Gasteiger partial charge on any atom is -0.395 e. The molecule has 0 bridgehead atoms. The maximum Gasteiger partial charge on any atom is 0.317 e. The molecule has 1 aromatic carbocycles. The third kappa shape index (κ3) is 5.34. The van der Waals surface area contributed by atoms with Crippen molar-refractivity contribution < 1.29 is 14.3 Å². The number of amides is 2. The van der Waals surface area contributed by atoms with Crippen LogP contribution in [0, 0.1) is 5.82 Å². The van der Waals surface area contributed by atoms with Crippen molar-refractivity contribution in [1.29, 1.82) is 0 Å². The Morgan fingerprint density at radius 2 is 2.35 bits per heavy atom. The van der Waals surface area contributed by atoms with E-state index in [0.29, 0.717) is 18.1 Å². The molecule has 0 aliphatic carbocycles. The van der Waals surface area contributed by atoms with Crippen molar-refractivity contribution in [1.82, 2.24) is 15.1 Å². The molecule has 2 amide bonds. The van der Waals surface area contributed by atoms with Gasteiger partial charge in [0.05, 0.1) is 6.61 Å². The van der Waals surface area contributed by atoms with Crippen molar-refractivity contribution >= 4 is 17.6 Å². The number of likely N-dealkylation sites (N-methyl/N-ethyl adjacent to an activating group) is 1. The number of likely N-dealkylation sites (tertiary alicyclic amines) is 1. The van der Waals surface area contributed by atoms with Crippen molar-refractivity contribution in [3.63, 3.8) is 0 Å². The summed E-state index contributed by atoms with van der Waals surface area (Å²) >= 11 is 6.08. The molecule has 1 heterocycles. The van der Waals surface area contributed by atoms with E-state index in [1.807, 2.05) is 0 Å². The lowest BCUT2D eigenvalue weighted by Crippen LogP contribution is -2.51. The van der Waals surface area contributed by atoms with Gasteiger partial charge in [-0.1, -0.05) is 17.7 Å². The van der Waals surface area contributed by atoms with Gasteiger partial charge in [-0.3, -0.25) is 4.90 Å². The fourth-order valence-corrected chi connectivity index (χ4v) is 2.97. The molecule has 7 heteroatoms. The molecule has 1 fully saturated rings. The Morgan fingerprint density at radius 1 is 1.57 bits per heavy atom. The Hall–Kier alpha value is -1.37. The van der Waals surface area contributed by atoms with Crippen LogP contribution in [0.15, 0.2) is 18.2 Å². The van der Waals surface area contributed by atoms with Crippen LogP contribution >= 0.6 is 11.6 Å². The highest BCUT2D eigenvalue weighted by atomic mass is 35.5. The van der Waals surface area contributed by atoms with Crippen molar-refractivity contribution in [2.45, 2.75) is 25.4 Å². The Morgan fingerprint density at radius 3 is 3.04 bits per heavy atom. The number of benzene rings is 1. The number of urea groups is 1. The van der Waals surface area contributed by atoms with Crippen molar-refractivity contribution in [3.8, 4) is 0 Å². The maximum atomic E-state index is 13.1. The summed E-state index contributed by atoms with van der Waals surface area (Å²) in [5.74, 6) is -0.338. The smallest absolute Gasteiger partial charge is 0.317 e. The first-order valence-electron chi connectivity index (χ1n) is 7.78. The van der Waals surface area contributed by atoms with Gasteiger partial charge in [0.15, 0.2) is 0 Å². The summed E-state index contributed by atoms with van der Waals surface area (Å²) in [7, 11) is 1.66. The van der Waals surface area contributed by atoms with Crippen LogP contribution in [0.3, 0.4) is 0 Å². The van der Waals surface area contributed by atoms with Crippen molar-refractivity contribution in [2.75, 3.05) is 33.3 Å². The first-order chi connectivity index (χ1) is 11.0. The molecular weight excluding hydrogens is 321 g/mol. The summed E-state index contributed by atoms with van der Waals surface area (Å²) < 4.78 is 13.1. The molecule has 0 aromatic heterocycles. The highest BCUT2D eigenvalue weighted by Crippen LogP contribution is 2.21. The zero-order valence-corrected chi connectivity index (χ0v) is 14.0. The van der Waals surface area contributed by atoms with Gasteiger partial charge in [-0.25, -0.2) is 9.18 Å². The van der Waals surface area contributed by atoms with Gasteiger partial charge in [0, 0.05) is 37.7 Å². The van der Waals surface area contributed by atoms with Crippen LogP contribution in [0.5, 0.6) is 0 Å². The minimum atomic E-state index is -0.338. The maximum absolute atomic E-state index is 13.1. The second kappa shape index (κ2) is 8.47. The molecule has 0 radical (unpaired) electrons. The highest BCUT2D eigenvalue weighted by molar-refractivity contribution is 6.31. The molecule has 0 saturated carbocycles. The van der Waals surface area contributed by atoms with E-state index in [-0.39, 0.29) is 24.5 Å². The molecule has 1 unspecified atom stereocenters. The summed E-state index contributed by atoms with van der Waals surface area (Å²) in [6.45, 7) is 2.55. The largest absolute Gasteiger partial charge is 0.395 e. The number of nitrogens with one attached hydrogen (secondary N) is 1. The number of hydrogen-bond acceptors (Lipinski definition) is 3. The number of rotatable bonds is 5. The number of piperidine rings is 1. The molecular formula is C16H23ClFN3O2. The molecule has 2 rings (SSSR count). The topological polar surface area (TPSA) is 55.8 Å². The van der Waals surface area contributed by atoms with Crippen LogP contribution in [0.25, 0.3) is 0 Å². The molecule has 128 valence electrons. The van der Waals surface area contributed by atoms with E-state index in [9.17, 15) is 9.18 Å². The Labute approximate surface area is 141 Å². The summed E-state index contributed by atoms with van der Waals surface area (Å²) in [4.78, 5) is 15.7. The van der Waals surface area contributed by atoms with Crippen molar-refractivity contribution in [2.24, 2.45) is 0 Å². The second-order valence-corrected chi connectivity index (χ2v) is 6.31. The zero-order valence-electron chi connectivity index (χ0n) is 13.3. The monoisotopic (exact) mass is 343 g/mol. The normalized spacial score (nSPS) is 18.7. The van der Waals surface area contributed by atoms with Crippen LogP contribution in [0.1, 0.15) is 18.4 Å². The van der Waals surface area contributed by atoms with Crippen molar-refractivity contribution in [3.05, 3.63) is 34.6 Å². The lowest BCUT2D eigenvalue weighted by atomic mass is 10.0. The molecule has 1 atom stereocenters. The van der Waals surface area contributed by atoms with Gasteiger partial charge in [-0.05, 0) is 37.1 Å². The number of carbonyl (C=O) groups excluding carboxylic acids is 1. The molecule has 1 aromatic rings. The second-order valence-electron chi connectivity index (χ2n) is 5.90. The van der Waals surface area contributed by atoms with Crippen LogP contribution in [-0.2, 0) is 6.54 Å². The summed E-state index contributed by atoms with van der Waals surface area (Å²) in [6, 6.07) is 4.33. The van der Waals surface area contributed by atoms with Crippen LogP contribution in [-0.4, -0.2) is 60.3 Å². The minimum absolute atomic E-state index is 0.0518. The first kappa shape index (κ1) is 18.0. The predicted molar refractivity (Wildman–Crippen MR) is 88.0 cm³/mol. The standard InChI is InChI=1S/C16H23ClFN3O2/c1-20(7-8-22)16(23)19-14-3-2-6-21(11-14)10-12-4-5-13(18)9-15(12)17/h4-5,9,14,22H,2-3,6-8,10-11H2,1H3,(H,19,23). The van der Waals surface area contributed by atoms with Gasteiger partial charge in [0.2, 0.25) is 0 Å². The van der Waals surface area contributed by atoms with Gasteiger partial charge in [0.25, 0.3) is 0 Å². The molecule has 1 aliphatic rings. The van der Waals surface area contributed by atoms with Crippen LogP contribution in [0.2, 0.25) is 5.02 Å². The lowest BCUT2D eigenvalue weighted by molar-refractivity contribution is 0.162. The third-order valence-electron chi connectivity index (χ3n) is 4.02. The van der Waals surface area contributed by atoms with Gasteiger partial charge >= 0.3 is 6.03 Å². The number of aliphatic hydroxyl groups is 1. The van der Waals surface area contributed by atoms with Gasteiger partial charge in [-0.15, -0.1) is 0 Å². The molecule has 1 aliphatic heterocycles. The Balaban J connectivity index is 1.89. The number of hydrogen-bond donors (Lipinski definition) is 2. The average Bonchev–Trinajstić information content (AvgIpc) is 2.51. The molecule has 0 spiro atoms. The summed E-state index contributed by atoms with van der Waals surface area (Å²) in [6.07, 6.45) is 1.90. The van der Waals surface area contributed by atoms with Gasteiger partial charge < -0.3 is 15.3 Å². The molecule has 1 saturated heterocycles. The number of nitrogens with zero attached hydrogens (tertiary/aromatic N) is 2. The van der Waals surface area contributed by atoms with E-state index >= 15 is 0 Å². The van der Waals surface area contributed by atoms with Gasteiger partial charge in [-0.2, -0.15) is 0 Å². The summed E-state index contributed by atoms with van der Waals surface area (Å²) in [5, 5.41) is 12.3. The first-order valence-corrected chi connectivity index (χ1v) is 8.16. The Kier molecular flexibility index (Phi) is 6.62. The quantitative estimate of drug-likeness (QED) is 0.860. The zero-order chi connectivity index (χ0) is 16.8. The van der Waals surface area contributed by atoms with E-state index in [2.05, 4.69) is 10.2 Å². The van der Waals surface area contributed by atoms with Crippen LogP contribution in [0.4, 0.5) is 9.18 Å². The average molecular weight is 344 g/mol. The predicted octanol–water partition coefficient (Wildman–Crippen LogP) is 2.08. The summed E-state index contributed by atoms with van der Waals surface area (Å²) in [5.41, 5.74) is 0.887. The Bertz CT molecular complexity index is 544. The highest BCUT2D eigenvalue weighted by Gasteiger charge is 2.23. The lowest BCUT2D eigenvalue weighted by Gasteiger charge is -2.34. The third-order valence-corrected chi connectivity index (χ3v) is 4.38. The molecule has 2 N–H and O–H groups in total. The molecule has 5 nitrogen and oxygen atoms in total. The van der Waals surface area contributed by atoms with E-state index in [1.165, 1.54) is 17.0 Å². The SMILES string of the molecule is CN(CCO)C(=O)NC1CCCN(Cc2ccc(F)cc2Cl)C1. The number of halogens is 2. The van der Waals surface area contributed by atoms with E-state index in [1.54, 1.807) is 13.1 Å². The van der Waals surface area contributed by atoms with Crippen LogP contribution < -0.4 is 5.32 Å². The van der Waals surface area contributed by atoms with E-state index in [0.717, 1.165) is 31.5 Å². The molecule has 23 heavy (non-hydrogen) atoms. The van der Waals surface area contributed by atoms with Gasteiger partial charge in [0.1, 0.15) is 5.82 Å². The van der Waals surface area contributed by atoms with E-state index in [4.69, 9.17) is 16.7 Å². The van der Waals surface area contributed by atoms with E-state index < -0.39 is 0 Å².